The van der Waals surface area contributed by atoms with Gasteiger partial charge in [0, 0.05) is 32.9 Å². The topological polar surface area (TPSA) is 9.86 Å². The van der Waals surface area contributed by atoms with Gasteiger partial charge in [0.2, 0.25) is 0 Å². The Morgan fingerprint density at radius 1 is 0.214 bits per heavy atom. The first-order chi connectivity index (χ1) is 27.8. The Labute approximate surface area is 325 Å². The summed E-state index contributed by atoms with van der Waals surface area (Å²) in [5.41, 5.74) is 16.7. The standard InChI is InChI=1S/C54H36N2/c1-4-14-37(15-5-1)40-26-29-45(30-27-40)55-49-25-11-10-24-47(49)53-50(55)32-33-51-54(53)48-31-28-44(42-21-12-20-41(34-42)38-16-6-2-7-17-38)36-52(48)56(51)46-23-13-22-43(35-46)39-18-8-3-9-19-39/h1-36H. The van der Waals surface area contributed by atoms with Crippen molar-refractivity contribution in [2.75, 3.05) is 0 Å². The normalized spacial score (nSPS) is 11.6. The van der Waals surface area contributed by atoms with Crippen molar-refractivity contribution in [2.45, 2.75) is 0 Å². The van der Waals surface area contributed by atoms with Gasteiger partial charge in [0.05, 0.1) is 22.1 Å². The molecule has 2 heteroatoms. The van der Waals surface area contributed by atoms with E-state index in [0.717, 1.165) is 11.4 Å². The fraction of sp³-hybridized carbons (Fsp3) is 0. The average Bonchev–Trinajstić information content (AvgIpc) is 3.80. The Morgan fingerprint density at radius 3 is 1.29 bits per heavy atom. The van der Waals surface area contributed by atoms with Crippen LogP contribution in [0.15, 0.2) is 218 Å². The maximum atomic E-state index is 2.47. The van der Waals surface area contributed by atoms with E-state index in [9.17, 15) is 0 Å². The number of benzene rings is 9. The zero-order chi connectivity index (χ0) is 37.0. The van der Waals surface area contributed by atoms with Crippen LogP contribution in [0.25, 0.3) is 99.5 Å². The van der Waals surface area contributed by atoms with E-state index in [4.69, 9.17) is 0 Å². The van der Waals surface area contributed by atoms with E-state index in [1.807, 2.05) is 0 Å². The molecule has 56 heavy (non-hydrogen) atoms. The van der Waals surface area contributed by atoms with Gasteiger partial charge in [-0.2, -0.15) is 0 Å². The molecule has 0 atom stereocenters. The van der Waals surface area contributed by atoms with Crippen molar-refractivity contribution in [2.24, 2.45) is 0 Å². The van der Waals surface area contributed by atoms with Gasteiger partial charge in [-0.15, -0.1) is 0 Å². The first-order valence-electron chi connectivity index (χ1n) is 19.3. The molecule has 9 aromatic carbocycles. The molecule has 0 spiro atoms. The second-order valence-corrected chi connectivity index (χ2v) is 14.5. The highest BCUT2D eigenvalue weighted by molar-refractivity contribution is 6.29. The minimum atomic E-state index is 1.14. The number of aromatic nitrogens is 2. The number of para-hydroxylation sites is 1. The van der Waals surface area contributed by atoms with Crippen LogP contribution in [0.5, 0.6) is 0 Å². The summed E-state index contributed by atoms with van der Waals surface area (Å²) in [5, 5.41) is 5.02. The number of fused-ring (bicyclic) bond motifs is 7. The monoisotopic (exact) mass is 712 g/mol. The summed E-state index contributed by atoms with van der Waals surface area (Å²) in [5.74, 6) is 0. The molecule has 11 rings (SSSR count). The largest absolute Gasteiger partial charge is 0.309 e. The van der Waals surface area contributed by atoms with Gasteiger partial charge in [-0.3, -0.25) is 0 Å². The predicted molar refractivity (Wildman–Crippen MR) is 237 cm³/mol. The Kier molecular flexibility index (Phi) is 7.53. The molecule has 11 aromatic rings. The quantitative estimate of drug-likeness (QED) is 0.162. The number of rotatable bonds is 6. The average molecular weight is 713 g/mol. The Bertz CT molecular complexity index is 3210. The van der Waals surface area contributed by atoms with Gasteiger partial charge in [-0.1, -0.05) is 164 Å². The molecule has 0 aliphatic carbocycles. The van der Waals surface area contributed by atoms with Gasteiger partial charge in [0.15, 0.2) is 0 Å². The fourth-order valence-electron chi connectivity index (χ4n) is 8.70. The van der Waals surface area contributed by atoms with Gasteiger partial charge >= 0.3 is 0 Å². The Morgan fingerprint density at radius 2 is 0.643 bits per heavy atom. The van der Waals surface area contributed by atoms with Crippen LogP contribution in [-0.2, 0) is 0 Å². The maximum absolute atomic E-state index is 2.47. The number of hydrogen-bond donors (Lipinski definition) is 0. The third kappa shape index (κ3) is 5.26. The molecule has 262 valence electrons. The van der Waals surface area contributed by atoms with Crippen molar-refractivity contribution in [3.05, 3.63) is 218 Å². The molecule has 0 aliphatic rings. The molecule has 2 heterocycles. The van der Waals surface area contributed by atoms with Crippen LogP contribution in [0, 0.1) is 0 Å². The molecule has 0 saturated carbocycles. The second-order valence-electron chi connectivity index (χ2n) is 14.5. The van der Waals surface area contributed by atoms with E-state index < -0.39 is 0 Å². The van der Waals surface area contributed by atoms with Gasteiger partial charge < -0.3 is 9.13 Å². The van der Waals surface area contributed by atoms with Gasteiger partial charge in [-0.05, 0) is 99.1 Å². The lowest BCUT2D eigenvalue weighted by molar-refractivity contribution is 1.17. The highest BCUT2D eigenvalue weighted by Crippen LogP contribution is 2.44. The zero-order valence-corrected chi connectivity index (χ0v) is 30.7. The van der Waals surface area contributed by atoms with Crippen LogP contribution in [0.2, 0.25) is 0 Å². The summed E-state index contributed by atoms with van der Waals surface area (Å²) in [4.78, 5) is 0. The summed E-state index contributed by atoms with van der Waals surface area (Å²) in [7, 11) is 0. The number of hydrogen-bond acceptors (Lipinski definition) is 0. The Hall–Kier alpha value is -7.42. The van der Waals surface area contributed by atoms with Crippen LogP contribution in [0.3, 0.4) is 0 Å². The lowest BCUT2D eigenvalue weighted by Crippen LogP contribution is -1.95. The molecule has 0 bridgehead atoms. The molecular weight excluding hydrogens is 677 g/mol. The van der Waals surface area contributed by atoms with E-state index in [-0.39, 0.29) is 0 Å². The third-order valence-electron chi connectivity index (χ3n) is 11.3. The van der Waals surface area contributed by atoms with E-state index in [1.54, 1.807) is 0 Å². The van der Waals surface area contributed by atoms with Crippen molar-refractivity contribution in [1.82, 2.24) is 9.13 Å². The third-order valence-corrected chi connectivity index (χ3v) is 11.3. The first-order valence-corrected chi connectivity index (χ1v) is 19.3. The van der Waals surface area contributed by atoms with Crippen LogP contribution >= 0.6 is 0 Å². The molecule has 2 aromatic heterocycles. The van der Waals surface area contributed by atoms with E-state index >= 15 is 0 Å². The molecular formula is C54H36N2. The van der Waals surface area contributed by atoms with Crippen molar-refractivity contribution in [3.63, 3.8) is 0 Å². The highest BCUT2D eigenvalue weighted by atomic mass is 15.0. The first kappa shape index (κ1) is 32.0. The molecule has 0 N–H and O–H groups in total. The smallest absolute Gasteiger partial charge is 0.0548 e. The van der Waals surface area contributed by atoms with Gasteiger partial charge in [-0.25, -0.2) is 0 Å². The van der Waals surface area contributed by atoms with Crippen LogP contribution in [0.4, 0.5) is 0 Å². The van der Waals surface area contributed by atoms with Crippen molar-refractivity contribution in [3.8, 4) is 55.9 Å². The Balaban J connectivity index is 1.18. The molecule has 0 saturated heterocycles. The van der Waals surface area contributed by atoms with Crippen molar-refractivity contribution >= 4 is 43.6 Å². The zero-order valence-electron chi connectivity index (χ0n) is 30.7. The molecule has 0 radical (unpaired) electrons. The summed E-state index contributed by atoms with van der Waals surface area (Å²) in [6.07, 6.45) is 0. The lowest BCUT2D eigenvalue weighted by Gasteiger charge is -2.12. The summed E-state index contributed by atoms with van der Waals surface area (Å²) in [6.45, 7) is 0. The summed E-state index contributed by atoms with van der Waals surface area (Å²) >= 11 is 0. The molecule has 0 unspecified atom stereocenters. The predicted octanol–water partition coefficient (Wildman–Crippen LogP) is 14.5. The summed E-state index contributed by atoms with van der Waals surface area (Å²) in [6, 6.07) is 79.4. The maximum Gasteiger partial charge on any atom is 0.0548 e. The second kappa shape index (κ2) is 13.2. The number of nitrogens with zero attached hydrogens (tertiary/aromatic N) is 2. The molecule has 0 aliphatic heterocycles. The van der Waals surface area contributed by atoms with Crippen LogP contribution in [-0.4, -0.2) is 9.13 Å². The fourth-order valence-corrected chi connectivity index (χ4v) is 8.70. The van der Waals surface area contributed by atoms with E-state index in [2.05, 4.69) is 228 Å². The van der Waals surface area contributed by atoms with Crippen LogP contribution < -0.4 is 0 Å². The summed E-state index contributed by atoms with van der Waals surface area (Å²) < 4.78 is 4.91. The molecule has 0 fully saturated rings. The highest BCUT2D eigenvalue weighted by Gasteiger charge is 2.21. The van der Waals surface area contributed by atoms with E-state index in [0.29, 0.717) is 0 Å². The van der Waals surface area contributed by atoms with Crippen LogP contribution in [0.1, 0.15) is 0 Å². The minimum Gasteiger partial charge on any atom is -0.309 e. The van der Waals surface area contributed by atoms with Gasteiger partial charge in [0.1, 0.15) is 0 Å². The SMILES string of the molecule is c1ccc(-c2ccc(-n3c4ccccc4c4c5c6ccc(-c7cccc(-c8ccccc8)c7)cc6n(-c6cccc(-c7ccccc7)c6)c5ccc43)cc2)cc1. The van der Waals surface area contributed by atoms with Gasteiger partial charge in [0.25, 0.3) is 0 Å². The molecule has 0 amide bonds. The van der Waals surface area contributed by atoms with E-state index in [1.165, 1.54) is 88.1 Å². The lowest BCUT2D eigenvalue weighted by atomic mass is 9.98. The van der Waals surface area contributed by atoms with Crippen molar-refractivity contribution < 1.29 is 0 Å². The molecule has 2 nitrogen and oxygen atoms in total. The van der Waals surface area contributed by atoms with Crippen molar-refractivity contribution in [1.29, 1.82) is 0 Å². The minimum absolute atomic E-state index is 1.14.